The maximum Gasteiger partial charge on any atom is 0.325 e. The summed E-state index contributed by atoms with van der Waals surface area (Å²) in [6.07, 6.45) is 0. The number of aryl methyl sites for hydroxylation is 1. The van der Waals surface area contributed by atoms with Gasteiger partial charge in [-0.1, -0.05) is 17.7 Å². The minimum atomic E-state index is -0.655. The topological polar surface area (TPSA) is 84.5 Å². The van der Waals surface area contributed by atoms with Gasteiger partial charge in [-0.3, -0.25) is 14.4 Å². The summed E-state index contributed by atoms with van der Waals surface area (Å²) in [7, 11) is 0. The highest BCUT2D eigenvalue weighted by molar-refractivity contribution is 5.96. The van der Waals surface area contributed by atoms with Crippen LogP contribution in [0.1, 0.15) is 22.8 Å². The van der Waals surface area contributed by atoms with Crippen LogP contribution in [0.25, 0.3) is 0 Å². The lowest BCUT2D eigenvalue weighted by Crippen LogP contribution is -2.33. The van der Waals surface area contributed by atoms with Crippen molar-refractivity contribution in [2.45, 2.75) is 13.8 Å². The minimum Gasteiger partial charge on any atom is -0.454 e. The van der Waals surface area contributed by atoms with Gasteiger partial charge in [0.15, 0.2) is 6.61 Å². The van der Waals surface area contributed by atoms with E-state index in [0.717, 1.165) is 5.56 Å². The first-order chi connectivity index (χ1) is 9.52. The van der Waals surface area contributed by atoms with Gasteiger partial charge in [-0.2, -0.15) is 0 Å². The smallest absolute Gasteiger partial charge is 0.325 e. The largest absolute Gasteiger partial charge is 0.454 e. The molecule has 0 aromatic heterocycles. The molecule has 0 unspecified atom stereocenters. The van der Waals surface area contributed by atoms with Crippen LogP contribution in [0.2, 0.25) is 0 Å². The molecule has 0 spiro atoms. The number of amides is 2. The molecule has 1 rings (SSSR count). The summed E-state index contributed by atoms with van der Waals surface area (Å²) in [6, 6.07) is 7.01. The number of hydrogen-bond donors (Lipinski definition) is 2. The van der Waals surface area contributed by atoms with Gasteiger partial charge in [0.1, 0.15) is 6.54 Å². The van der Waals surface area contributed by atoms with Crippen LogP contribution in [0, 0.1) is 6.92 Å². The molecule has 1 aromatic carbocycles. The van der Waals surface area contributed by atoms with Gasteiger partial charge < -0.3 is 15.4 Å². The van der Waals surface area contributed by atoms with Crippen LogP contribution in [-0.2, 0) is 14.3 Å². The van der Waals surface area contributed by atoms with Crippen molar-refractivity contribution in [1.29, 1.82) is 0 Å². The number of likely N-dealkylation sites (N-methyl/N-ethyl adjacent to an activating group) is 1. The number of carbonyl (C=O) groups excluding carboxylic acids is 3. The highest BCUT2D eigenvalue weighted by Crippen LogP contribution is 2.03. The summed E-state index contributed by atoms with van der Waals surface area (Å²) < 4.78 is 4.70. The Hall–Kier alpha value is -2.37. The molecule has 0 bridgehead atoms. The zero-order valence-corrected chi connectivity index (χ0v) is 11.6. The van der Waals surface area contributed by atoms with Crippen molar-refractivity contribution < 1.29 is 19.1 Å². The molecule has 0 aliphatic rings. The van der Waals surface area contributed by atoms with Crippen molar-refractivity contribution in [3.63, 3.8) is 0 Å². The van der Waals surface area contributed by atoms with E-state index in [1.807, 2.05) is 13.0 Å². The Morgan fingerprint density at radius 3 is 2.60 bits per heavy atom. The van der Waals surface area contributed by atoms with E-state index in [4.69, 9.17) is 4.74 Å². The Balaban J connectivity index is 2.34. The number of rotatable bonds is 6. The van der Waals surface area contributed by atoms with E-state index in [-0.39, 0.29) is 25.0 Å². The predicted octanol–water partition coefficient (Wildman–Crippen LogP) is 0.404. The van der Waals surface area contributed by atoms with Gasteiger partial charge in [-0.25, -0.2) is 0 Å². The average Bonchev–Trinajstić information content (AvgIpc) is 2.43. The fraction of sp³-hybridized carbons (Fsp3) is 0.357. The molecule has 0 fully saturated rings. The Bertz CT molecular complexity index is 500. The van der Waals surface area contributed by atoms with Gasteiger partial charge in [-0.05, 0) is 26.0 Å². The number of carbonyl (C=O) groups is 3. The highest BCUT2D eigenvalue weighted by Gasteiger charge is 2.10. The van der Waals surface area contributed by atoms with Gasteiger partial charge in [0.2, 0.25) is 0 Å². The second-order valence-corrected chi connectivity index (χ2v) is 4.17. The molecule has 2 N–H and O–H groups in total. The molecule has 6 nitrogen and oxygen atoms in total. The maximum absolute atomic E-state index is 11.7. The first-order valence-electron chi connectivity index (χ1n) is 6.30. The van der Waals surface area contributed by atoms with Crippen LogP contribution >= 0.6 is 0 Å². The fourth-order valence-corrected chi connectivity index (χ4v) is 1.49. The molecule has 108 valence electrons. The normalized spacial score (nSPS) is 9.70. The lowest BCUT2D eigenvalue weighted by molar-refractivity contribution is -0.147. The van der Waals surface area contributed by atoms with Gasteiger partial charge in [-0.15, -0.1) is 0 Å². The van der Waals surface area contributed by atoms with Crippen LogP contribution in [0.5, 0.6) is 0 Å². The number of ether oxygens (including phenoxy) is 1. The molecular formula is C14H18N2O4. The second-order valence-electron chi connectivity index (χ2n) is 4.17. The third-order valence-electron chi connectivity index (χ3n) is 2.41. The third-order valence-corrected chi connectivity index (χ3v) is 2.41. The molecule has 0 atom stereocenters. The van der Waals surface area contributed by atoms with Crippen molar-refractivity contribution in [3.05, 3.63) is 35.4 Å². The summed E-state index contributed by atoms with van der Waals surface area (Å²) >= 11 is 0. The molecule has 0 aliphatic heterocycles. The Morgan fingerprint density at radius 2 is 1.95 bits per heavy atom. The van der Waals surface area contributed by atoms with Gasteiger partial charge in [0.25, 0.3) is 11.8 Å². The summed E-state index contributed by atoms with van der Waals surface area (Å²) in [5.41, 5.74) is 1.43. The molecule has 0 saturated heterocycles. The molecule has 2 amide bonds. The van der Waals surface area contributed by atoms with Gasteiger partial charge in [0.05, 0.1) is 0 Å². The molecule has 6 heteroatoms. The summed E-state index contributed by atoms with van der Waals surface area (Å²) in [5.74, 6) is -1.38. The van der Waals surface area contributed by atoms with E-state index < -0.39 is 5.97 Å². The standard InChI is InChI=1S/C14H18N2O4/c1-3-15-12(17)9-20-13(18)8-16-14(19)11-6-4-5-10(2)7-11/h4-7H,3,8-9H2,1-2H3,(H,15,17)(H,16,19). The van der Waals surface area contributed by atoms with Crippen molar-refractivity contribution in [3.8, 4) is 0 Å². The molecule has 0 aliphatic carbocycles. The van der Waals surface area contributed by atoms with Crippen LogP contribution in [0.15, 0.2) is 24.3 Å². The zero-order chi connectivity index (χ0) is 15.0. The molecule has 20 heavy (non-hydrogen) atoms. The van der Waals surface area contributed by atoms with E-state index in [1.165, 1.54) is 0 Å². The lowest BCUT2D eigenvalue weighted by Gasteiger charge is -2.07. The number of esters is 1. The number of nitrogens with one attached hydrogen (secondary N) is 2. The summed E-state index contributed by atoms with van der Waals surface area (Å²) in [5, 5.41) is 4.93. The quantitative estimate of drug-likeness (QED) is 0.738. The number of hydrogen-bond acceptors (Lipinski definition) is 4. The predicted molar refractivity (Wildman–Crippen MR) is 73.2 cm³/mol. The molecule has 1 aromatic rings. The van der Waals surface area contributed by atoms with E-state index in [1.54, 1.807) is 25.1 Å². The Labute approximate surface area is 117 Å². The average molecular weight is 278 g/mol. The van der Waals surface area contributed by atoms with E-state index in [0.29, 0.717) is 12.1 Å². The zero-order valence-electron chi connectivity index (χ0n) is 11.6. The molecule has 0 heterocycles. The van der Waals surface area contributed by atoms with Crippen molar-refractivity contribution in [2.75, 3.05) is 19.7 Å². The van der Waals surface area contributed by atoms with Crippen LogP contribution in [0.4, 0.5) is 0 Å². The monoisotopic (exact) mass is 278 g/mol. The molecule has 0 radical (unpaired) electrons. The van der Waals surface area contributed by atoms with Crippen LogP contribution in [-0.4, -0.2) is 37.5 Å². The maximum atomic E-state index is 11.7. The fourth-order valence-electron chi connectivity index (χ4n) is 1.49. The minimum absolute atomic E-state index is 0.272. The van der Waals surface area contributed by atoms with E-state index >= 15 is 0 Å². The van der Waals surface area contributed by atoms with Crippen LogP contribution in [0.3, 0.4) is 0 Å². The highest BCUT2D eigenvalue weighted by atomic mass is 16.5. The van der Waals surface area contributed by atoms with E-state index in [9.17, 15) is 14.4 Å². The van der Waals surface area contributed by atoms with Gasteiger partial charge in [0, 0.05) is 12.1 Å². The third kappa shape index (κ3) is 5.51. The lowest BCUT2D eigenvalue weighted by atomic mass is 10.1. The van der Waals surface area contributed by atoms with Crippen molar-refractivity contribution >= 4 is 17.8 Å². The summed E-state index contributed by atoms with van der Waals surface area (Å²) in [4.78, 5) is 34.2. The number of benzene rings is 1. The van der Waals surface area contributed by atoms with E-state index in [2.05, 4.69) is 10.6 Å². The van der Waals surface area contributed by atoms with Crippen molar-refractivity contribution in [1.82, 2.24) is 10.6 Å². The first kappa shape index (κ1) is 15.7. The molecule has 0 saturated carbocycles. The van der Waals surface area contributed by atoms with Crippen molar-refractivity contribution in [2.24, 2.45) is 0 Å². The van der Waals surface area contributed by atoms with Gasteiger partial charge >= 0.3 is 5.97 Å². The van der Waals surface area contributed by atoms with Crippen LogP contribution < -0.4 is 10.6 Å². The first-order valence-corrected chi connectivity index (χ1v) is 6.30. The second kappa shape index (κ2) is 7.93. The SMILES string of the molecule is CCNC(=O)COC(=O)CNC(=O)c1cccc(C)c1. The Kier molecular flexibility index (Phi) is 6.22. The Morgan fingerprint density at radius 1 is 1.20 bits per heavy atom. The summed E-state index contributed by atoms with van der Waals surface area (Å²) in [6.45, 7) is 3.50. The molecular weight excluding hydrogens is 260 g/mol.